The maximum atomic E-state index is 12.5. The Morgan fingerprint density at radius 2 is 1.86 bits per heavy atom. The van der Waals surface area contributed by atoms with Gasteiger partial charge in [-0.3, -0.25) is 14.5 Å². The van der Waals surface area contributed by atoms with Crippen LogP contribution in [-0.4, -0.2) is 31.3 Å². The normalized spacial score (nSPS) is 14.0. The van der Waals surface area contributed by atoms with Crippen molar-refractivity contribution < 1.29 is 32.2 Å². The number of ether oxygens (including phenoxy) is 2. The molecule has 0 fully saturated rings. The number of carbonyl (C=O) groups is 2. The third-order valence-electron chi connectivity index (χ3n) is 4.01. The molecule has 0 aromatic heterocycles. The van der Waals surface area contributed by atoms with Crippen LogP contribution in [0.5, 0.6) is 11.5 Å². The molecule has 3 rings (SSSR count). The van der Waals surface area contributed by atoms with Crippen LogP contribution in [0.2, 0.25) is 0 Å². The molecule has 2 aromatic rings. The summed E-state index contributed by atoms with van der Waals surface area (Å²) in [4.78, 5) is 26.0. The molecule has 1 heterocycles. The Hall–Kier alpha value is -3.23. The fraction of sp³-hybridized carbons (Fsp3) is 0.263. The van der Waals surface area contributed by atoms with Gasteiger partial charge in [-0.25, -0.2) is 0 Å². The standard InChI is InChI=1S/C19H17F3N2O4/c20-19(21,22)28-15-7-3-1-5-13(15)11-23-17(25)12-24-14-6-2-4-8-16(14)27-10-9-18(24)26/h1-8H,9-12H2,(H,23,25). The summed E-state index contributed by atoms with van der Waals surface area (Å²) in [6.45, 7) is -0.247. The molecule has 2 amide bonds. The SMILES string of the molecule is O=C(CN1C(=O)CCOc2ccccc21)NCc1ccccc1OC(F)(F)F. The molecule has 6 nitrogen and oxygen atoms in total. The number of benzene rings is 2. The number of hydrogen-bond acceptors (Lipinski definition) is 4. The molecule has 0 bridgehead atoms. The first-order chi connectivity index (χ1) is 13.3. The van der Waals surface area contributed by atoms with Crippen LogP contribution in [0, 0.1) is 0 Å². The first-order valence-corrected chi connectivity index (χ1v) is 8.46. The largest absolute Gasteiger partial charge is 0.573 e. The minimum atomic E-state index is -4.83. The van der Waals surface area contributed by atoms with E-state index < -0.39 is 12.3 Å². The van der Waals surface area contributed by atoms with E-state index in [4.69, 9.17) is 4.74 Å². The Morgan fingerprint density at radius 3 is 2.64 bits per heavy atom. The maximum Gasteiger partial charge on any atom is 0.573 e. The lowest BCUT2D eigenvalue weighted by Crippen LogP contribution is -2.40. The number of hydrogen-bond donors (Lipinski definition) is 1. The molecular formula is C19H17F3N2O4. The lowest BCUT2D eigenvalue weighted by molar-refractivity contribution is -0.274. The van der Waals surface area contributed by atoms with E-state index in [-0.39, 0.29) is 43.3 Å². The molecule has 0 saturated heterocycles. The minimum absolute atomic E-state index is 0.115. The van der Waals surface area contributed by atoms with Crippen molar-refractivity contribution in [3.63, 3.8) is 0 Å². The first-order valence-electron chi connectivity index (χ1n) is 8.46. The molecule has 0 spiro atoms. The Balaban J connectivity index is 1.68. The number of amides is 2. The molecule has 28 heavy (non-hydrogen) atoms. The molecule has 1 aliphatic rings. The predicted octanol–water partition coefficient (Wildman–Crippen LogP) is 3.02. The summed E-state index contributed by atoms with van der Waals surface area (Å²) < 4.78 is 46.9. The third kappa shape index (κ3) is 4.93. The number of para-hydroxylation sites is 3. The Bertz CT molecular complexity index is 870. The van der Waals surface area contributed by atoms with Crippen molar-refractivity contribution in [2.45, 2.75) is 19.3 Å². The summed E-state index contributed by atoms with van der Waals surface area (Å²) in [5.41, 5.74) is 0.639. The second-order valence-corrected chi connectivity index (χ2v) is 5.98. The molecule has 0 aliphatic carbocycles. The third-order valence-corrected chi connectivity index (χ3v) is 4.01. The van der Waals surface area contributed by atoms with E-state index in [0.717, 1.165) is 0 Å². The molecule has 2 aromatic carbocycles. The lowest BCUT2D eigenvalue weighted by Gasteiger charge is -2.21. The van der Waals surface area contributed by atoms with E-state index in [1.54, 1.807) is 24.3 Å². The van der Waals surface area contributed by atoms with Crippen molar-refractivity contribution in [3.8, 4) is 11.5 Å². The highest BCUT2D eigenvalue weighted by Gasteiger charge is 2.32. The van der Waals surface area contributed by atoms with Crippen LogP contribution in [0.3, 0.4) is 0 Å². The minimum Gasteiger partial charge on any atom is -0.491 e. The van der Waals surface area contributed by atoms with Crippen LogP contribution < -0.4 is 19.7 Å². The van der Waals surface area contributed by atoms with Gasteiger partial charge in [0.05, 0.1) is 18.7 Å². The number of nitrogens with zero attached hydrogens (tertiary/aromatic N) is 1. The van der Waals surface area contributed by atoms with Crippen LogP contribution in [0.4, 0.5) is 18.9 Å². The lowest BCUT2D eigenvalue weighted by atomic mass is 10.2. The topological polar surface area (TPSA) is 67.9 Å². The number of carbonyl (C=O) groups excluding carboxylic acids is 2. The van der Waals surface area contributed by atoms with Crippen LogP contribution in [0.25, 0.3) is 0 Å². The highest BCUT2D eigenvalue weighted by molar-refractivity contribution is 6.00. The van der Waals surface area contributed by atoms with Gasteiger partial charge in [-0.05, 0) is 18.2 Å². The molecule has 0 saturated carbocycles. The summed E-state index contributed by atoms with van der Waals surface area (Å²) >= 11 is 0. The summed E-state index contributed by atoms with van der Waals surface area (Å²) in [5, 5.41) is 2.52. The summed E-state index contributed by atoms with van der Waals surface area (Å²) in [6, 6.07) is 12.4. The van der Waals surface area contributed by atoms with Crippen molar-refractivity contribution in [3.05, 3.63) is 54.1 Å². The van der Waals surface area contributed by atoms with Crippen molar-refractivity contribution in [1.29, 1.82) is 0 Å². The van der Waals surface area contributed by atoms with Gasteiger partial charge in [-0.1, -0.05) is 30.3 Å². The molecule has 9 heteroatoms. The second kappa shape index (κ2) is 8.20. The Kier molecular flexibility index (Phi) is 5.72. The second-order valence-electron chi connectivity index (χ2n) is 5.98. The smallest absolute Gasteiger partial charge is 0.491 e. The van der Waals surface area contributed by atoms with Gasteiger partial charge in [0.2, 0.25) is 11.8 Å². The van der Waals surface area contributed by atoms with Crippen LogP contribution in [0.1, 0.15) is 12.0 Å². The van der Waals surface area contributed by atoms with Gasteiger partial charge in [0.25, 0.3) is 0 Å². The Morgan fingerprint density at radius 1 is 1.14 bits per heavy atom. The van der Waals surface area contributed by atoms with Crippen molar-refractivity contribution in [2.24, 2.45) is 0 Å². The molecule has 148 valence electrons. The van der Waals surface area contributed by atoms with E-state index >= 15 is 0 Å². The number of halogens is 3. The zero-order valence-electron chi connectivity index (χ0n) is 14.7. The van der Waals surface area contributed by atoms with Gasteiger partial charge in [0.15, 0.2) is 0 Å². The number of nitrogens with one attached hydrogen (secondary N) is 1. The number of rotatable bonds is 5. The highest BCUT2D eigenvalue weighted by Crippen LogP contribution is 2.31. The van der Waals surface area contributed by atoms with Gasteiger partial charge in [-0.15, -0.1) is 13.2 Å². The van der Waals surface area contributed by atoms with Gasteiger partial charge in [0.1, 0.15) is 18.0 Å². The zero-order valence-corrected chi connectivity index (χ0v) is 14.7. The van der Waals surface area contributed by atoms with Crippen LogP contribution in [-0.2, 0) is 16.1 Å². The maximum absolute atomic E-state index is 12.5. The molecule has 1 aliphatic heterocycles. The number of anilines is 1. The fourth-order valence-electron chi connectivity index (χ4n) is 2.76. The van der Waals surface area contributed by atoms with E-state index in [0.29, 0.717) is 11.4 Å². The molecule has 0 unspecified atom stereocenters. The Labute approximate surface area is 158 Å². The molecule has 1 N–H and O–H groups in total. The van der Waals surface area contributed by atoms with E-state index in [1.807, 2.05) is 0 Å². The highest BCUT2D eigenvalue weighted by atomic mass is 19.4. The first kappa shape index (κ1) is 19.5. The predicted molar refractivity (Wildman–Crippen MR) is 93.9 cm³/mol. The van der Waals surface area contributed by atoms with Gasteiger partial charge in [-0.2, -0.15) is 0 Å². The monoisotopic (exact) mass is 394 g/mol. The van der Waals surface area contributed by atoms with Crippen LogP contribution in [0.15, 0.2) is 48.5 Å². The molecular weight excluding hydrogens is 377 g/mol. The fourth-order valence-corrected chi connectivity index (χ4v) is 2.76. The summed E-state index contributed by atoms with van der Waals surface area (Å²) in [6.07, 6.45) is -4.72. The molecule has 0 atom stereocenters. The number of alkyl halides is 3. The summed E-state index contributed by atoms with van der Waals surface area (Å²) in [5.74, 6) is -0.697. The van der Waals surface area contributed by atoms with E-state index in [1.165, 1.54) is 29.2 Å². The van der Waals surface area contributed by atoms with E-state index in [2.05, 4.69) is 10.1 Å². The molecule has 0 radical (unpaired) electrons. The van der Waals surface area contributed by atoms with E-state index in [9.17, 15) is 22.8 Å². The van der Waals surface area contributed by atoms with Crippen molar-refractivity contribution >= 4 is 17.5 Å². The average Bonchev–Trinajstić information content (AvgIpc) is 2.79. The number of fused-ring (bicyclic) bond motifs is 1. The van der Waals surface area contributed by atoms with Gasteiger partial charge in [0, 0.05) is 12.1 Å². The quantitative estimate of drug-likeness (QED) is 0.847. The van der Waals surface area contributed by atoms with Crippen LogP contribution >= 0.6 is 0 Å². The zero-order chi connectivity index (χ0) is 20.1. The van der Waals surface area contributed by atoms with Gasteiger partial charge < -0.3 is 14.8 Å². The van der Waals surface area contributed by atoms with Crippen molar-refractivity contribution in [1.82, 2.24) is 5.32 Å². The average molecular weight is 394 g/mol. The van der Waals surface area contributed by atoms with Crippen molar-refractivity contribution in [2.75, 3.05) is 18.1 Å². The summed E-state index contributed by atoms with van der Waals surface area (Å²) in [7, 11) is 0. The van der Waals surface area contributed by atoms with Gasteiger partial charge >= 0.3 is 6.36 Å².